The summed E-state index contributed by atoms with van der Waals surface area (Å²) in [6, 6.07) is 1.94. The van der Waals surface area contributed by atoms with Crippen LogP contribution in [0.5, 0.6) is 0 Å². The van der Waals surface area contributed by atoms with Crippen LogP contribution in [0, 0.1) is 0 Å². The lowest BCUT2D eigenvalue weighted by Gasteiger charge is -2.33. The minimum absolute atomic E-state index is 0.0533. The van der Waals surface area contributed by atoms with Gasteiger partial charge in [-0.3, -0.25) is 19.2 Å². The van der Waals surface area contributed by atoms with Crippen LogP contribution in [0.1, 0.15) is 38.1 Å². The molecule has 1 saturated heterocycles. The lowest BCUT2D eigenvalue weighted by molar-refractivity contribution is -0.135. The van der Waals surface area contributed by atoms with Crippen LogP contribution in [-0.2, 0) is 29.2 Å². The molecule has 126 valence electrons. The minimum atomic E-state index is -0.0875. The zero-order chi connectivity index (χ0) is 16.4. The summed E-state index contributed by atoms with van der Waals surface area (Å²) < 4.78 is 1.99. The van der Waals surface area contributed by atoms with E-state index in [0.29, 0.717) is 6.54 Å². The molecule has 3 heterocycles. The van der Waals surface area contributed by atoms with Crippen molar-refractivity contribution >= 4 is 11.8 Å². The molecule has 23 heavy (non-hydrogen) atoms. The molecule has 7 heteroatoms. The van der Waals surface area contributed by atoms with Crippen LogP contribution in [0.2, 0.25) is 0 Å². The van der Waals surface area contributed by atoms with Crippen molar-refractivity contribution in [2.75, 3.05) is 19.6 Å². The average molecular weight is 319 g/mol. The maximum atomic E-state index is 12.6. The van der Waals surface area contributed by atoms with Gasteiger partial charge in [-0.15, -0.1) is 0 Å². The van der Waals surface area contributed by atoms with E-state index >= 15 is 0 Å². The van der Waals surface area contributed by atoms with E-state index in [4.69, 9.17) is 0 Å². The van der Waals surface area contributed by atoms with Gasteiger partial charge in [0.25, 0.3) is 0 Å². The van der Waals surface area contributed by atoms with Gasteiger partial charge in [-0.05, 0) is 25.8 Å². The zero-order valence-electron chi connectivity index (χ0n) is 13.9. The second kappa shape index (κ2) is 6.70. The summed E-state index contributed by atoms with van der Waals surface area (Å²) in [4.78, 5) is 27.8. The normalized spacial score (nSPS) is 19.5. The standard InChI is InChI=1S/C16H25N5O2/c1-12(16(23)19-5-3-4-6-19)20-7-8-21-15(11-20)9-14(18-21)10-17-13(2)22/h9,12H,3-8,10-11H2,1-2H3,(H,17,22)/t12-/m1/s1. The van der Waals surface area contributed by atoms with Gasteiger partial charge in [0.05, 0.1) is 30.5 Å². The first kappa shape index (κ1) is 16.0. The quantitative estimate of drug-likeness (QED) is 0.869. The molecular weight excluding hydrogens is 294 g/mol. The van der Waals surface area contributed by atoms with Gasteiger partial charge < -0.3 is 10.2 Å². The summed E-state index contributed by atoms with van der Waals surface area (Å²) in [5.74, 6) is 0.191. The third kappa shape index (κ3) is 3.55. The molecule has 1 atom stereocenters. The number of rotatable bonds is 4. The summed E-state index contributed by atoms with van der Waals surface area (Å²) in [5.41, 5.74) is 1.98. The van der Waals surface area contributed by atoms with Crippen molar-refractivity contribution in [2.24, 2.45) is 0 Å². The Bertz CT molecular complexity index is 591. The molecule has 2 aliphatic rings. The Hall–Kier alpha value is -1.89. The van der Waals surface area contributed by atoms with Crippen molar-refractivity contribution in [3.05, 3.63) is 17.5 Å². The number of carbonyl (C=O) groups is 2. The highest BCUT2D eigenvalue weighted by atomic mass is 16.2. The minimum Gasteiger partial charge on any atom is -0.351 e. The van der Waals surface area contributed by atoms with E-state index in [1.165, 1.54) is 6.92 Å². The van der Waals surface area contributed by atoms with E-state index in [1.807, 2.05) is 22.6 Å². The summed E-state index contributed by atoms with van der Waals surface area (Å²) in [6.45, 7) is 8.10. The Balaban J connectivity index is 1.62. The molecule has 0 bridgehead atoms. The fraction of sp³-hybridized carbons (Fsp3) is 0.688. The smallest absolute Gasteiger partial charge is 0.239 e. The van der Waals surface area contributed by atoms with Crippen molar-refractivity contribution in [3.63, 3.8) is 0 Å². The Labute approximate surface area is 136 Å². The average Bonchev–Trinajstić information content (AvgIpc) is 3.19. The van der Waals surface area contributed by atoms with Gasteiger partial charge in [0, 0.05) is 33.1 Å². The molecule has 2 amide bonds. The molecule has 3 rings (SSSR count). The van der Waals surface area contributed by atoms with Crippen LogP contribution >= 0.6 is 0 Å². The van der Waals surface area contributed by atoms with E-state index in [9.17, 15) is 9.59 Å². The summed E-state index contributed by atoms with van der Waals surface area (Å²) in [7, 11) is 0. The highest BCUT2D eigenvalue weighted by molar-refractivity contribution is 5.81. The number of nitrogens with zero attached hydrogens (tertiary/aromatic N) is 4. The fourth-order valence-electron chi connectivity index (χ4n) is 3.34. The lowest BCUT2D eigenvalue weighted by Crippen LogP contribution is -2.48. The Kier molecular flexibility index (Phi) is 4.66. The second-order valence-corrected chi connectivity index (χ2v) is 6.44. The fourth-order valence-corrected chi connectivity index (χ4v) is 3.34. The molecule has 0 spiro atoms. The number of likely N-dealkylation sites (tertiary alicyclic amines) is 1. The third-order valence-electron chi connectivity index (χ3n) is 4.72. The van der Waals surface area contributed by atoms with Crippen molar-refractivity contribution in [3.8, 4) is 0 Å². The number of hydrogen-bond acceptors (Lipinski definition) is 4. The first-order valence-corrected chi connectivity index (χ1v) is 8.37. The Morgan fingerprint density at radius 2 is 2.00 bits per heavy atom. The van der Waals surface area contributed by atoms with Crippen LogP contribution in [0.3, 0.4) is 0 Å². The van der Waals surface area contributed by atoms with Crippen LogP contribution in [-0.4, -0.2) is 57.1 Å². The van der Waals surface area contributed by atoms with Gasteiger partial charge in [0.15, 0.2) is 0 Å². The van der Waals surface area contributed by atoms with Gasteiger partial charge in [-0.2, -0.15) is 5.10 Å². The van der Waals surface area contributed by atoms with Crippen molar-refractivity contribution < 1.29 is 9.59 Å². The third-order valence-corrected chi connectivity index (χ3v) is 4.72. The molecule has 0 unspecified atom stereocenters. The highest BCUT2D eigenvalue weighted by Gasteiger charge is 2.30. The topological polar surface area (TPSA) is 70.5 Å². The molecule has 1 N–H and O–H groups in total. The highest BCUT2D eigenvalue weighted by Crippen LogP contribution is 2.18. The van der Waals surface area contributed by atoms with Crippen molar-refractivity contribution in [1.29, 1.82) is 0 Å². The number of hydrogen-bond donors (Lipinski definition) is 1. The van der Waals surface area contributed by atoms with E-state index in [2.05, 4.69) is 15.3 Å². The first-order chi connectivity index (χ1) is 11.0. The maximum absolute atomic E-state index is 12.6. The number of aromatic nitrogens is 2. The molecule has 0 radical (unpaired) electrons. The van der Waals surface area contributed by atoms with E-state index in [-0.39, 0.29) is 17.9 Å². The number of nitrogens with one attached hydrogen (secondary N) is 1. The van der Waals surface area contributed by atoms with E-state index < -0.39 is 0 Å². The number of carbonyl (C=O) groups excluding carboxylic acids is 2. The maximum Gasteiger partial charge on any atom is 0.239 e. The van der Waals surface area contributed by atoms with Crippen LogP contribution in [0.4, 0.5) is 0 Å². The molecule has 0 saturated carbocycles. The Morgan fingerprint density at radius 1 is 1.26 bits per heavy atom. The molecule has 2 aliphatic heterocycles. The zero-order valence-corrected chi connectivity index (χ0v) is 13.9. The summed E-state index contributed by atoms with van der Waals surface area (Å²) in [6.07, 6.45) is 2.25. The first-order valence-electron chi connectivity index (χ1n) is 8.37. The largest absolute Gasteiger partial charge is 0.351 e. The number of fused-ring (bicyclic) bond motifs is 1. The summed E-state index contributed by atoms with van der Waals surface area (Å²) >= 11 is 0. The molecule has 1 aromatic heterocycles. The lowest BCUT2D eigenvalue weighted by atomic mass is 10.2. The van der Waals surface area contributed by atoms with Gasteiger partial charge in [-0.1, -0.05) is 0 Å². The van der Waals surface area contributed by atoms with Gasteiger partial charge in [0.2, 0.25) is 11.8 Å². The Morgan fingerprint density at radius 3 is 2.70 bits per heavy atom. The monoisotopic (exact) mass is 319 g/mol. The molecule has 1 aromatic rings. The van der Waals surface area contributed by atoms with Crippen molar-refractivity contribution in [1.82, 2.24) is 24.9 Å². The van der Waals surface area contributed by atoms with Crippen molar-refractivity contribution in [2.45, 2.75) is 52.4 Å². The van der Waals surface area contributed by atoms with Gasteiger partial charge in [0.1, 0.15) is 0 Å². The molecule has 7 nitrogen and oxygen atoms in total. The second-order valence-electron chi connectivity index (χ2n) is 6.44. The molecule has 0 aliphatic carbocycles. The van der Waals surface area contributed by atoms with E-state index in [1.54, 1.807) is 0 Å². The van der Waals surface area contributed by atoms with Gasteiger partial charge in [-0.25, -0.2) is 0 Å². The number of amides is 2. The van der Waals surface area contributed by atoms with Crippen LogP contribution < -0.4 is 5.32 Å². The molecule has 1 fully saturated rings. The predicted molar refractivity (Wildman–Crippen MR) is 85.4 cm³/mol. The SMILES string of the molecule is CC(=O)NCc1cc2n(n1)CCN([C@H](C)C(=O)N1CCCC1)C2. The van der Waals surface area contributed by atoms with Crippen LogP contribution in [0.15, 0.2) is 6.07 Å². The molecular formula is C16H25N5O2. The summed E-state index contributed by atoms with van der Waals surface area (Å²) in [5, 5.41) is 7.29. The molecule has 0 aromatic carbocycles. The van der Waals surface area contributed by atoms with E-state index in [0.717, 1.165) is 57.0 Å². The van der Waals surface area contributed by atoms with Gasteiger partial charge >= 0.3 is 0 Å². The predicted octanol–water partition coefficient (Wildman–Crippen LogP) is 0.346. The van der Waals surface area contributed by atoms with Crippen LogP contribution in [0.25, 0.3) is 0 Å².